The van der Waals surface area contributed by atoms with Crippen LogP contribution in [0.2, 0.25) is 0 Å². The van der Waals surface area contributed by atoms with Crippen molar-refractivity contribution in [1.82, 2.24) is 9.62 Å². The Balaban J connectivity index is 1.63. The molecule has 9 nitrogen and oxygen atoms in total. The van der Waals surface area contributed by atoms with Crippen LogP contribution in [0.25, 0.3) is 10.8 Å². The number of amides is 2. The smallest absolute Gasteiger partial charge is 0.254 e. The quantitative estimate of drug-likeness (QED) is 0.389. The maximum absolute atomic E-state index is 14.8. The van der Waals surface area contributed by atoms with Gasteiger partial charge < -0.3 is 19.7 Å². The topological polar surface area (TPSA) is 105 Å². The molecule has 2 atom stereocenters. The number of benzene rings is 3. The van der Waals surface area contributed by atoms with Crippen molar-refractivity contribution in [2.45, 2.75) is 51.3 Å². The molecular weight excluding hydrogens is 622 g/mol. The average Bonchev–Trinajstić information content (AvgIpc) is 3.05. The molecule has 0 aromatic heterocycles. The maximum Gasteiger partial charge on any atom is 0.254 e. The van der Waals surface area contributed by atoms with Crippen LogP contribution < -0.4 is 19.7 Å². The zero-order valence-corrected chi connectivity index (χ0v) is 26.6. The van der Waals surface area contributed by atoms with Crippen molar-refractivity contribution in [2.24, 2.45) is 5.92 Å². The molecule has 1 saturated heterocycles. The van der Waals surface area contributed by atoms with Crippen molar-refractivity contribution in [3.8, 4) is 11.5 Å². The molecule has 2 aliphatic heterocycles. The maximum atomic E-state index is 14.8. The standard InChI is InChI=1S/C31H36BrN3O6S/c1-5-20(2)29(36)33-28-30(37)35(19-24-23-12-11-22(32)18-21(23)10-13-26(24)40-3)25-8-6-7-9-27(25)41-31(28)14-16-34(17-15-31)42(4,38)39/h6-13,18,20,28H,5,14-17,19H2,1-4H3,(H,33,36)/t20-,28-/m1/s1. The minimum absolute atomic E-state index is 0.169. The molecule has 5 rings (SSSR count). The van der Waals surface area contributed by atoms with E-state index in [1.807, 2.05) is 68.4 Å². The number of hydrogen-bond donors (Lipinski definition) is 1. The van der Waals surface area contributed by atoms with Crippen molar-refractivity contribution in [3.63, 3.8) is 0 Å². The minimum atomic E-state index is -3.43. The van der Waals surface area contributed by atoms with Gasteiger partial charge in [-0.1, -0.05) is 54.0 Å². The van der Waals surface area contributed by atoms with Crippen molar-refractivity contribution >= 4 is 54.2 Å². The summed E-state index contributed by atoms with van der Waals surface area (Å²) in [7, 11) is -1.83. The van der Waals surface area contributed by atoms with Gasteiger partial charge in [0.15, 0.2) is 0 Å². The summed E-state index contributed by atoms with van der Waals surface area (Å²) in [6.45, 7) is 4.26. The highest BCUT2D eigenvalue weighted by Gasteiger charge is 2.53. The Labute approximate surface area is 255 Å². The molecule has 11 heteroatoms. The number of nitrogens with one attached hydrogen (secondary N) is 1. The van der Waals surface area contributed by atoms with E-state index in [9.17, 15) is 18.0 Å². The third-order valence-electron chi connectivity index (χ3n) is 8.48. The molecule has 1 spiro atoms. The molecule has 2 aliphatic rings. The Morgan fingerprint density at radius 1 is 1.17 bits per heavy atom. The van der Waals surface area contributed by atoms with Crippen molar-refractivity contribution in [1.29, 1.82) is 0 Å². The van der Waals surface area contributed by atoms with Crippen LogP contribution in [-0.2, 0) is 26.2 Å². The number of halogens is 1. The number of anilines is 1. The summed E-state index contributed by atoms with van der Waals surface area (Å²) >= 11 is 3.54. The summed E-state index contributed by atoms with van der Waals surface area (Å²) in [6.07, 6.45) is 2.27. The summed E-state index contributed by atoms with van der Waals surface area (Å²) in [6, 6.07) is 16.1. The molecular formula is C31H36BrN3O6S. The van der Waals surface area contributed by atoms with E-state index in [1.54, 1.807) is 12.0 Å². The zero-order valence-electron chi connectivity index (χ0n) is 24.2. The van der Waals surface area contributed by atoms with Crippen LogP contribution in [-0.4, -0.2) is 62.6 Å². The second-order valence-electron chi connectivity index (χ2n) is 11.1. The van der Waals surface area contributed by atoms with Gasteiger partial charge in [0.25, 0.3) is 5.91 Å². The predicted molar refractivity (Wildman–Crippen MR) is 166 cm³/mol. The van der Waals surface area contributed by atoms with Crippen LogP contribution >= 0.6 is 15.9 Å². The molecule has 224 valence electrons. The fourth-order valence-corrected chi connectivity index (χ4v) is 7.04. The molecule has 0 radical (unpaired) electrons. The van der Waals surface area contributed by atoms with Crippen molar-refractivity contribution < 1.29 is 27.5 Å². The SMILES string of the molecule is CC[C@@H](C)C(=O)N[C@@H]1C(=O)N(Cc2c(OC)ccc3cc(Br)ccc23)c2ccccc2OC12CCN(S(C)(=O)=O)CC2. The number of piperidine rings is 1. The number of hydrogen-bond acceptors (Lipinski definition) is 6. The summed E-state index contributed by atoms with van der Waals surface area (Å²) < 4.78 is 39.5. The first-order chi connectivity index (χ1) is 20.0. The Morgan fingerprint density at radius 3 is 2.55 bits per heavy atom. The number of rotatable bonds is 7. The van der Waals surface area contributed by atoms with Gasteiger partial charge in [-0.2, -0.15) is 0 Å². The van der Waals surface area contributed by atoms with E-state index < -0.39 is 21.7 Å². The lowest BCUT2D eigenvalue weighted by Crippen LogP contribution is -2.65. The van der Waals surface area contributed by atoms with Gasteiger partial charge in [0.1, 0.15) is 23.1 Å². The molecule has 1 N–H and O–H groups in total. The highest BCUT2D eigenvalue weighted by atomic mass is 79.9. The molecule has 3 aromatic rings. The van der Waals surface area contributed by atoms with Gasteiger partial charge >= 0.3 is 0 Å². The van der Waals surface area contributed by atoms with Gasteiger partial charge in [-0.05, 0) is 47.5 Å². The average molecular weight is 659 g/mol. The number of nitrogens with zero attached hydrogens (tertiary/aromatic N) is 2. The van der Waals surface area contributed by atoms with Crippen LogP contribution in [0.15, 0.2) is 59.1 Å². The lowest BCUT2D eigenvalue weighted by molar-refractivity contribution is -0.136. The summed E-state index contributed by atoms with van der Waals surface area (Å²) in [5.41, 5.74) is 0.254. The third-order valence-corrected chi connectivity index (χ3v) is 10.3. The molecule has 1 fully saturated rings. The van der Waals surface area contributed by atoms with Gasteiger partial charge in [0.2, 0.25) is 15.9 Å². The van der Waals surface area contributed by atoms with Crippen LogP contribution in [0.4, 0.5) is 5.69 Å². The van der Waals surface area contributed by atoms with Gasteiger partial charge in [-0.25, -0.2) is 12.7 Å². The number of ether oxygens (including phenoxy) is 2. The molecule has 0 aliphatic carbocycles. The lowest BCUT2D eigenvalue weighted by Gasteiger charge is -2.44. The van der Waals surface area contributed by atoms with Crippen LogP contribution in [0.5, 0.6) is 11.5 Å². The molecule has 0 bridgehead atoms. The predicted octanol–water partition coefficient (Wildman–Crippen LogP) is 4.86. The normalized spacial score (nSPS) is 19.6. The fourth-order valence-electron chi connectivity index (χ4n) is 5.81. The number of carbonyl (C=O) groups is 2. The van der Waals surface area contributed by atoms with Crippen LogP contribution in [0.3, 0.4) is 0 Å². The monoisotopic (exact) mass is 657 g/mol. The van der Waals surface area contributed by atoms with E-state index >= 15 is 0 Å². The second-order valence-corrected chi connectivity index (χ2v) is 14.0. The Bertz CT molecular complexity index is 1620. The first-order valence-corrected chi connectivity index (χ1v) is 16.7. The molecule has 3 aromatic carbocycles. The van der Waals surface area contributed by atoms with E-state index in [0.29, 0.717) is 23.6 Å². The first kappa shape index (κ1) is 30.3. The van der Waals surface area contributed by atoms with Gasteiger partial charge in [-0.3, -0.25) is 9.59 Å². The Hall–Kier alpha value is -3.15. The molecule has 0 saturated carbocycles. The fraction of sp³-hybridized carbons (Fsp3) is 0.419. The molecule has 2 heterocycles. The number of fused-ring (bicyclic) bond motifs is 2. The van der Waals surface area contributed by atoms with Crippen LogP contribution in [0, 0.1) is 5.92 Å². The van der Waals surface area contributed by atoms with E-state index in [1.165, 1.54) is 10.6 Å². The molecule has 0 unspecified atom stereocenters. The first-order valence-electron chi connectivity index (χ1n) is 14.1. The second kappa shape index (κ2) is 11.9. The summed E-state index contributed by atoms with van der Waals surface area (Å²) in [4.78, 5) is 29.7. The van der Waals surface area contributed by atoms with E-state index in [4.69, 9.17) is 9.47 Å². The van der Waals surface area contributed by atoms with E-state index in [2.05, 4.69) is 21.2 Å². The molecule has 2 amide bonds. The summed E-state index contributed by atoms with van der Waals surface area (Å²) in [5.74, 6) is 0.252. The number of methoxy groups -OCH3 is 1. The highest BCUT2D eigenvalue weighted by Crippen LogP contribution is 2.43. The van der Waals surface area contributed by atoms with Gasteiger partial charge in [0.05, 0.1) is 25.6 Å². The lowest BCUT2D eigenvalue weighted by atomic mass is 9.83. The zero-order chi connectivity index (χ0) is 30.2. The van der Waals surface area contributed by atoms with E-state index in [0.717, 1.165) is 20.8 Å². The molecule has 42 heavy (non-hydrogen) atoms. The third kappa shape index (κ3) is 5.74. The van der Waals surface area contributed by atoms with Crippen molar-refractivity contribution in [2.75, 3.05) is 31.4 Å². The van der Waals surface area contributed by atoms with Crippen molar-refractivity contribution in [3.05, 3.63) is 64.6 Å². The number of para-hydroxylation sites is 2. The largest absolute Gasteiger partial charge is 0.496 e. The number of sulfonamides is 1. The summed E-state index contributed by atoms with van der Waals surface area (Å²) in [5, 5.41) is 4.96. The minimum Gasteiger partial charge on any atom is -0.496 e. The number of carbonyl (C=O) groups excluding carboxylic acids is 2. The Morgan fingerprint density at radius 2 is 1.88 bits per heavy atom. The van der Waals surface area contributed by atoms with Gasteiger partial charge in [-0.15, -0.1) is 0 Å². The Kier molecular flexibility index (Phi) is 8.55. The van der Waals surface area contributed by atoms with Crippen LogP contribution in [0.1, 0.15) is 38.7 Å². The highest BCUT2D eigenvalue weighted by molar-refractivity contribution is 9.10. The van der Waals surface area contributed by atoms with E-state index in [-0.39, 0.29) is 50.2 Å². The van der Waals surface area contributed by atoms with Gasteiger partial charge in [0, 0.05) is 41.9 Å².